The molecule has 3 heteroatoms. The van der Waals surface area contributed by atoms with Crippen molar-refractivity contribution in [1.29, 1.82) is 0 Å². The van der Waals surface area contributed by atoms with Crippen molar-refractivity contribution in [3.8, 4) is 0 Å². The van der Waals surface area contributed by atoms with Gasteiger partial charge in [0.05, 0.1) is 0 Å². The maximum atomic E-state index is 3.19. The molecular formula is C13H24N2S. The Morgan fingerprint density at radius 1 is 1.38 bits per heavy atom. The van der Waals surface area contributed by atoms with Crippen LogP contribution in [0.25, 0.3) is 0 Å². The third-order valence-corrected chi connectivity index (χ3v) is 4.10. The molecule has 0 saturated carbocycles. The SMILES string of the molecule is CNCCCCCN(C)C(C)c1cccs1. The lowest BCUT2D eigenvalue weighted by atomic mass is 10.2. The summed E-state index contributed by atoms with van der Waals surface area (Å²) in [4.78, 5) is 3.92. The highest BCUT2D eigenvalue weighted by Crippen LogP contribution is 2.23. The largest absolute Gasteiger partial charge is 0.320 e. The Hall–Kier alpha value is -0.380. The van der Waals surface area contributed by atoms with Crippen molar-refractivity contribution in [2.24, 2.45) is 0 Å². The second-order valence-corrected chi connectivity index (χ2v) is 5.32. The molecular weight excluding hydrogens is 216 g/mol. The highest BCUT2D eigenvalue weighted by Gasteiger charge is 2.11. The molecule has 1 atom stereocenters. The minimum absolute atomic E-state index is 0.560. The minimum Gasteiger partial charge on any atom is -0.320 e. The Balaban J connectivity index is 2.17. The number of hydrogen-bond acceptors (Lipinski definition) is 3. The topological polar surface area (TPSA) is 15.3 Å². The van der Waals surface area contributed by atoms with E-state index in [2.05, 4.69) is 41.7 Å². The van der Waals surface area contributed by atoms with E-state index in [4.69, 9.17) is 0 Å². The van der Waals surface area contributed by atoms with Gasteiger partial charge in [-0.3, -0.25) is 4.90 Å². The number of unbranched alkanes of at least 4 members (excludes halogenated alkanes) is 2. The summed E-state index contributed by atoms with van der Waals surface area (Å²) in [7, 11) is 4.24. The normalized spacial score (nSPS) is 13.2. The molecule has 0 bridgehead atoms. The molecule has 92 valence electrons. The van der Waals surface area contributed by atoms with E-state index in [0.29, 0.717) is 6.04 Å². The lowest BCUT2D eigenvalue weighted by Gasteiger charge is -2.23. The van der Waals surface area contributed by atoms with Crippen LogP contribution in [0.4, 0.5) is 0 Å². The van der Waals surface area contributed by atoms with Crippen molar-refractivity contribution >= 4 is 11.3 Å². The molecule has 16 heavy (non-hydrogen) atoms. The molecule has 0 aromatic carbocycles. The predicted molar refractivity (Wildman–Crippen MR) is 73.1 cm³/mol. The number of hydrogen-bond donors (Lipinski definition) is 1. The van der Waals surface area contributed by atoms with Crippen molar-refractivity contribution in [2.45, 2.75) is 32.2 Å². The van der Waals surface area contributed by atoms with Crippen molar-refractivity contribution < 1.29 is 0 Å². The van der Waals surface area contributed by atoms with Crippen LogP contribution in [0.1, 0.15) is 37.1 Å². The van der Waals surface area contributed by atoms with Crippen molar-refractivity contribution in [3.63, 3.8) is 0 Å². The smallest absolute Gasteiger partial charge is 0.0410 e. The molecule has 1 aromatic rings. The summed E-state index contributed by atoms with van der Waals surface area (Å²) in [6, 6.07) is 4.92. The van der Waals surface area contributed by atoms with E-state index in [-0.39, 0.29) is 0 Å². The molecule has 1 N–H and O–H groups in total. The lowest BCUT2D eigenvalue weighted by molar-refractivity contribution is 0.258. The first kappa shape index (κ1) is 13.7. The number of nitrogens with zero attached hydrogens (tertiary/aromatic N) is 1. The minimum atomic E-state index is 0.560. The van der Waals surface area contributed by atoms with E-state index >= 15 is 0 Å². The molecule has 0 aliphatic carbocycles. The van der Waals surface area contributed by atoms with Gasteiger partial charge in [0, 0.05) is 10.9 Å². The fourth-order valence-corrected chi connectivity index (χ4v) is 2.63. The molecule has 1 aromatic heterocycles. The van der Waals surface area contributed by atoms with E-state index in [0.717, 1.165) is 6.54 Å². The summed E-state index contributed by atoms with van der Waals surface area (Å²) in [6.45, 7) is 4.63. The Labute approximate surface area is 104 Å². The monoisotopic (exact) mass is 240 g/mol. The van der Waals surface area contributed by atoms with Gasteiger partial charge in [0.2, 0.25) is 0 Å². The summed E-state index contributed by atoms with van der Waals surface area (Å²) in [5.74, 6) is 0. The highest BCUT2D eigenvalue weighted by molar-refractivity contribution is 7.10. The van der Waals surface area contributed by atoms with Gasteiger partial charge < -0.3 is 5.32 Å². The molecule has 0 fully saturated rings. The lowest BCUT2D eigenvalue weighted by Crippen LogP contribution is -2.23. The van der Waals surface area contributed by atoms with Crippen LogP contribution in [0, 0.1) is 0 Å². The molecule has 2 nitrogen and oxygen atoms in total. The average molecular weight is 240 g/mol. The van der Waals surface area contributed by atoms with Crippen LogP contribution >= 0.6 is 11.3 Å². The van der Waals surface area contributed by atoms with Crippen LogP contribution in [0.2, 0.25) is 0 Å². The van der Waals surface area contributed by atoms with Crippen LogP contribution in [0.15, 0.2) is 17.5 Å². The van der Waals surface area contributed by atoms with Gasteiger partial charge in [-0.05, 0) is 58.4 Å². The zero-order chi connectivity index (χ0) is 11.8. The summed E-state index contributed by atoms with van der Waals surface area (Å²) in [5.41, 5.74) is 0. The Morgan fingerprint density at radius 3 is 2.81 bits per heavy atom. The van der Waals surface area contributed by atoms with E-state index in [1.807, 2.05) is 18.4 Å². The van der Waals surface area contributed by atoms with Gasteiger partial charge in [0.15, 0.2) is 0 Å². The molecule has 0 aliphatic heterocycles. The maximum absolute atomic E-state index is 3.19. The fourth-order valence-electron chi connectivity index (χ4n) is 1.78. The number of rotatable bonds is 8. The molecule has 0 radical (unpaired) electrons. The Morgan fingerprint density at radius 2 is 2.19 bits per heavy atom. The van der Waals surface area contributed by atoms with Gasteiger partial charge in [-0.1, -0.05) is 12.5 Å². The van der Waals surface area contributed by atoms with Gasteiger partial charge in [-0.25, -0.2) is 0 Å². The van der Waals surface area contributed by atoms with Gasteiger partial charge in [0.1, 0.15) is 0 Å². The second kappa shape index (κ2) is 7.82. The summed E-state index contributed by atoms with van der Waals surface area (Å²) < 4.78 is 0. The van der Waals surface area contributed by atoms with Crippen LogP contribution in [0.3, 0.4) is 0 Å². The molecule has 0 spiro atoms. The maximum Gasteiger partial charge on any atom is 0.0410 e. The van der Waals surface area contributed by atoms with E-state index in [9.17, 15) is 0 Å². The zero-order valence-corrected chi connectivity index (χ0v) is 11.5. The number of thiophene rings is 1. The van der Waals surface area contributed by atoms with E-state index in [1.54, 1.807) is 0 Å². The third kappa shape index (κ3) is 4.64. The van der Waals surface area contributed by atoms with E-state index in [1.165, 1.54) is 30.7 Å². The standard InChI is InChI=1S/C13H24N2S/c1-12(13-8-7-11-16-13)15(3)10-6-4-5-9-14-2/h7-8,11-12,14H,4-6,9-10H2,1-3H3. The van der Waals surface area contributed by atoms with Crippen molar-refractivity contribution in [1.82, 2.24) is 10.2 Å². The first-order valence-electron chi connectivity index (χ1n) is 6.14. The summed E-state index contributed by atoms with van der Waals surface area (Å²) in [6.07, 6.45) is 3.91. The summed E-state index contributed by atoms with van der Waals surface area (Å²) in [5, 5.41) is 5.35. The molecule has 0 saturated heterocycles. The average Bonchev–Trinajstić information content (AvgIpc) is 2.81. The van der Waals surface area contributed by atoms with Crippen LogP contribution in [-0.4, -0.2) is 32.1 Å². The van der Waals surface area contributed by atoms with Gasteiger partial charge in [-0.15, -0.1) is 11.3 Å². The Bertz CT molecular complexity index is 259. The molecule has 1 heterocycles. The summed E-state index contributed by atoms with van der Waals surface area (Å²) >= 11 is 1.86. The fraction of sp³-hybridized carbons (Fsp3) is 0.692. The molecule has 1 unspecified atom stereocenters. The van der Waals surface area contributed by atoms with Crippen LogP contribution < -0.4 is 5.32 Å². The van der Waals surface area contributed by atoms with E-state index < -0.39 is 0 Å². The quantitative estimate of drug-likeness (QED) is 0.702. The molecule has 0 amide bonds. The third-order valence-electron chi connectivity index (χ3n) is 3.05. The van der Waals surface area contributed by atoms with Crippen molar-refractivity contribution in [3.05, 3.63) is 22.4 Å². The first-order chi connectivity index (χ1) is 7.75. The van der Waals surface area contributed by atoms with Gasteiger partial charge in [0.25, 0.3) is 0 Å². The van der Waals surface area contributed by atoms with Gasteiger partial charge in [-0.2, -0.15) is 0 Å². The predicted octanol–water partition coefficient (Wildman–Crippen LogP) is 3.13. The van der Waals surface area contributed by atoms with Crippen LogP contribution in [0.5, 0.6) is 0 Å². The second-order valence-electron chi connectivity index (χ2n) is 4.34. The Kier molecular flexibility index (Phi) is 6.69. The first-order valence-corrected chi connectivity index (χ1v) is 7.02. The highest BCUT2D eigenvalue weighted by atomic mass is 32.1. The van der Waals surface area contributed by atoms with Crippen molar-refractivity contribution in [2.75, 3.05) is 27.2 Å². The molecule has 1 rings (SSSR count). The van der Waals surface area contributed by atoms with Gasteiger partial charge >= 0.3 is 0 Å². The number of nitrogens with one attached hydrogen (secondary N) is 1. The zero-order valence-electron chi connectivity index (χ0n) is 10.7. The van der Waals surface area contributed by atoms with Crippen LogP contribution in [-0.2, 0) is 0 Å². The molecule has 0 aliphatic rings.